The van der Waals surface area contributed by atoms with Crippen LogP contribution < -0.4 is 0 Å². The van der Waals surface area contributed by atoms with Crippen LogP contribution in [0, 0.1) is 17.3 Å². The molecule has 0 unspecified atom stereocenters. The molecule has 0 spiro atoms. The van der Waals surface area contributed by atoms with Gasteiger partial charge in [-0.2, -0.15) is 0 Å². The van der Waals surface area contributed by atoms with Gasteiger partial charge < -0.3 is 14.6 Å². The Kier molecular flexibility index (Phi) is 6.80. The maximum absolute atomic E-state index is 12.2. The number of carbonyl (C=O) groups is 2. The number of benzene rings is 1. The lowest BCUT2D eigenvalue weighted by Gasteiger charge is -2.48. The van der Waals surface area contributed by atoms with Gasteiger partial charge in [-0.05, 0) is 78.7 Å². The second-order valence-corrected chi connectivity index (χ2v) is 8.55. The van der Waals surface area contributed by atoms with Crippen LogP contribution in [0.3, 0.4) is 0 Å². The van der Waals surface area contributed by atoms with Gasteiger partial charge in [-0.3, -0.25) is 0 Å². The molecule has 2 aliphatic rings. The molecule has 1 fully saturated rings. The number of phenols is 1. The van der Waals surface area contributed by atoms with Crippen molar-refractivity contribution < 1.29 is 24.2 Å². The van der Waals surface area contributed by atoms with Crippen molar-refractivity contribution in [3.63, 3.8) is 0 Å². The average molecular weight is 411 g/mol. The van der Waals surface area contributed by atoms with E-state index in [1.807, 2.05) is 0 Å². The van der Waals surface area contributed by atoms with E-state index in [1.165, 1.54) is 13.2 Å². The molecule has 3 atom stereocenters. The Bertz CT molecular complexity index is 864. The fourth-order valence-electron chi connectivity index (χ4n) is 4.72. The maximum atomic E-state index is 12.2. The second kappa shape index (κ2) is 9.33. The van der Waals surface area contributed by atoms with Crippen molar-refractivity contribution in [2.75, 3.05) is 13.7 Å². The van der Waals surface area contributed by atoms with Gasteiger partial charge >= 0.3 is 11.9 Å². The van der Waals surface area contributed by atoms with Crippen molar-refractivity contribution in [1.29, 1.82) is 0 Å². The van der Waals surface area contributed by atoms with Crippen molar-refractivity contribution in [2.24, 2.45) is 17.3 Å². The summed E-state index contributed by atoms with van der Waals surface area (Å²) in [6.45, 7) is 6.52. The summed E-state index contributed by atoms with van der Waals surface area (Å²) in [7, 11) is 1.39. The molecule has 0 amide bonds. The number of methoxy groups -OCH3 is 1. The highest BCUT2D eigenvalue weighted by Gasteiger charge is 2.44. The van der Waals surface area contributed by atoms with E-state index in [9.17, 15) is 14.7 Å². The summed E-state index contributed by atoms with van der Waals surface area (Å²) >= 11 is 0. The molecular formula is C25H30O5. The lowest BCUT2D eigenvalue weighted by molar-refractivity contribution is -0.137. The lowest BCUT2D eigenvalue weighted by Crippen LogP contribution is -2.39. The molecule has 1 aromatic carbocycles. The van der Waals surface area contributed by atoms with Crippen LogP contribution >= 0.6 is 0 Å². The van der Waals surface area contributed by atoms with Crippen molar-refractivity contribution in [3.05, 3.63) is 59.7 Å². The van der Waals surface area contributed by atoms with Crippen LogP contribution in [0.4, 0.5) is 0 Å². The summed E-state index contributed by atoms with van der Waals surface area (Å²) in [6.07, 6.45) is 10.1. The molecule has 3 rings (SSSR count). The van der Waals surface area contributed by atoms with Crippen molar-refractivity contribution in [3.8, 4) is 5.75 Å². The molecule has 1 saturated carbocycles. The molecular weight excluding hydrogens is 380 g/mol. The number of hydrogen-bond acceptors (Lipinski definition) is 5. The summed E-state index contributed by atoms with van der Waals surface area (Å²) in [6, 6.07) is 6.59. The highest BCUT2D eigenvalue weighted by Crippen LogP contribution is 2.53. The molecule has 5 nitrogen and oxygen atoms in total. The molecule has 1 N–H and O–H groups in total. The molecule has 30 heavy (non-hydrogen) atoms. The van der Waals surface area contributed by atoms with Crippen molar-refractivity contribution in [2.45, 2.75) is 39.0 Å². The number of allylic oxidation sites excluding steroid dienone is 1. The largest absolute Gasteiger partial charge is 0.508 e. The van der Waals surface area contributed by atoms with Crippen LogP contribution in [-0.4, -0.2) is 30.8 Å². The smallest absolute Gasteiger partial charge is 0.333 e. The summed E-state index contributed by atoms with van der Waals surface area (Å²) in [5.41, 5.74) is 2.65. The molecule has 1 aromatic rings. The Labute approximate surface area is 178 Å². The van der Waals surface area contributed by atoms with E-state index in [0.717, 1.165) is 43.2 Å². The third-order valence-electron chi connectivity index (χ3n) is 6.62. The number of rotatable bonds is 6. The van der Waals surface area contributed by atoms with Gasteiger partial charge in [-0.15, -0.1) is 0 Å². The molecule has 5 heteroatoms. The van der Waals surface area contributed by atoms with E-state index in [2.05, 4.69) is 19.6 Å². The third-order valence-corrected chi connectivity index (χ3v) is 6.62. The van der Waals surface area contributed by atoms with E-state index >= 15 is 0 Å². The maximum Gasteiger partial charge on any atom is 0.333 e. The first-order valence-corrected chi connectivity index (χ1v) is 10.4. The summed E-state index contributed by atoms with van der Waals surface area (Å²) in [5, 5.41) is 9.32. The van der Waals surface area contributed by atoms with Crippen LogP contribution in [0.15, 0.2) is 54.1 Å². The predicted molar refractivity (Wildman–Crippen MR) is 116 cm³/mol. The minimum atomic E-state index is -0.400. The average Bonchev–Trinajstić information content (AvgIpc) is 2.75. The van der Waals surface area contributed by atoms with Crippen LogP contribution in [0.5, 0.6) is 5.75 Å². The van der Waals surface area contributed by atoms with Gasteiger partial charge in [0.25, 0.3) is 0 Å². The Balaban J connectivity index is 1.62. The first-order valence-electron chi connectivity index (χ1n) is 10.4. The number of esters is 2. The monoisotopic (exact) mass is 410 g/mol. The topological polar surface area (TPSA) is 72.8 Å². The fraction of sp³-hybridized carbons (Fsp3) is 0.440. The van der Waals surface area contributed by atoms with Crippen LogP contribution in [-0.2, 0) is 19.1 Å². The number of carbonyl (C=O) groups excluding carboxylic acids is 2. The van der Waals surface area contributed by atoms with Gasteiger partial charge in [0.05, 0.1) is 7.11 Å². The van der Waals surface area contributed by atoms with Gasteiger partial charge in [0.1, 0.15) is 12.4 Å². The van der Waals surface area contributed by atoms with Gasteiger partial charge in [0, 0.05) is 11.6 Å². The predicted octanol–water partition coefficient (Wildman–Crippen LogP) is 4.82. The Morgan fingerprint density at radius 2 is 2.00 bits per heavy atom. The summed E-state index contributed by atoms with van der Waals surface area (Å²) < 4.78 is 10.4. The standard InChI is InChI=1S/C25H30O5/c1-17(24(28)29-3)19-12-14-25(2)13-4-5-20(22(25)15-19)16-30-23(27)11-8-18-6-9-21(26)10-7-18/h5-11,19,22,26H,1,4,12-16H2,2-3H3/b11-8+/t19-,22+,25-/m1/s1. The van der Waals surface area contributed by atoms with Crippen LogP contribution in [0.1, 0.15) is 44.6 Å². The van der Waals surface area contributed by atoms with Crippen LogP contribution in [0.2, 0.25) is 0 Å². The van der Waals surface area contributed by atoms with Gasteiger partial charge in [-0.25, -0.2) is 9.59 Å². The Morgan fingerprint density at radius 3 is 2.70 bits per heavy atom. The molecule has 2 aliphatic carbocycles. The highest BCUT2D eigenvalue weighted by atomic mass is 16.5. The van der Waals surface area contributed by atoms with E-state index in [0.29, 0.717) is 5.57 Å². The van der Waals surface area contributed by atoms with Gasteiger partial charge in [-0.1, -0.05) is 31.7 Å². The van der Waals surface area contributed by atoms with E-state index in [-0.39, 0.29) is 35.6 Å². The van der Waals surface area contributed by atoms with Gasteiger partial charge in [0.2, 0.25) is 0 Å². The summed E-state index contributed by atoms with van der Waals surface area (Å²) in [4.78, 5) is 24.1. The van der Waals surface area contributed by atoms with E-state index in [4.69, 9.17) is 9.47 Å². The molecule has 160 valence electrons. The molecule has 0 radical (unpaired) electrons. The third kappa shape index (κ3) is 5.02. The SMILES string of the molecule is C=C(C(=O)OC)[C@@H]1CC[C@@]2(C)CCC=C(COC(=O)/C=C/c3ccc(O)cc3)[C@@H]2C1. The Hall–Kier alpha value is -2.82. The number of ether oxygens (including phenoxy) is 2. The zero-order valence-corrected chi connectivity index (χ0v) is 17.7. The minimum absolute atomic E-state index is 0.0992. The fourth-order valence-corrected chi connectivity index (χ4v) is 4.72. The van der Waals surface area contributed by atoms with E-state index in [1.54, 1.807) is 30.3 Å². The zero-order chi connectivity index (χ0) is 21.7. The normalized spacial score (nSPS) is 25.9. The molecule has 0 heterocycles. The number of aromatic hydroxyl groups is 1. The van der Waals surface area contributed by atoms with Gasteiger partial charge in [0.15, 0.2) is 0 Å². The number of phenolic OH excluding ortho intramolecular Hbond substituents is 1. The van der Waals surface area contributed by atoms with Crippen LogP contribution in [0.25, 0.3) is 6.08 Å². The summed E-state index contributed by atoms with van der Waals surface area (Å²) in [5.74, 6) is -0.191. The number of hydrogen-bond donors (Lipinski definition) is 1. The zero-order valence-electron chi connectivity index (χ0n) is 17.7. The van der Waals surface area contributed by atoms with Crippen molar-refractivity contribution in [1.82, 2.24) is 0 Å². The second-order valence-electron chi connectivity index (χ2n) is 8.55. The molecule has 0 aliphatic heterocycles. The van der Waals surface area contributed by atoms with E-state index < -0.39 is 5.97 Å². The molecule has 0 bridgehead atoms. The quantitative estimate of drug-likeness (QED) is 0.413. The number of fused-ring (bicyclic) bond motifs is 1. The first kappa shape index (κ1) is 21.9. The Morgan fingerprint density at radius 1 is 1.27 bits per heavy atom. The molecule has 0 aromatic heterocycles. The first-order chi connectivity index (χ1) is 14.3. The minimum Gasteiger partial charge on any atom is -0.508 e. The highest BCUT2D eigenvalue weighted by molar-refractivity contribution is 5.88. The lowest BCUT2D eigenvalue weighted by atomic mass is 9.57. The molecule has 0 saturated heterocycles. The van der Waals surface area contributed by atoms with Crippen molar-refractivity contribution >= 4 is 18.0 Å².